The zero-order valence-electron chi connectivity index (χ0n) is 15.4. The Bertz CT molecular complexity index is 763. The topological polar surface area (TPSA) is 20.3 Å². The van der Waals surface area contributed by atoms with Gasteiger partial charge in [0.15, 0.2) is 0 Å². The van der Waals surface area contributed by atoms with Gasteiger partial charge in [-0.25, -0.2) is 0 Å². The van der Waals surface area contributed by atoms with E-state index in [0.29, 0.717) is 0 Å². The van der Waals surface area contributed by atoms with Crippen LogP contribution >= 0.6 is 0 Å². The fraction of sp³-hybridized carbons (Fsp3) is 0.409. The fourth-order valence-electron chi connectivity index (χ4n) is 4.47. The van der Waals surface area contributed by atoms with Gasteiger partial charge < -0.3 is 4.90 Å². The second-order valence-electron chi connectivity index (χ2n) is 7.75. The van der Waals surface area contributed by atoms with E-state index in [1.165, 1.54) is 16.7 Å². The van der Waals surface area contributed by atoms with Crippen molar-refractivity contribution in [3.63, 3.8) is 0 Å². The van der Waals surface area contributed by atoms with E-state index in [-0.39, 0.29) is 16.9 Å². The number of amides is 1. The molecule has 2 heteroatoms. The summed E-state index contributed by atoms with van der Waals surface area (Å²) in [5.41, 5.74) is 4.63. The average molecular weight is 321 g/mol. The van der Waals surface area contributed by atoms with Gasteiger partial charge in [0.05, 0.1) is 0 Å². The molecule has 1 aliphatic heterocycles. The number of nitrogens with zero attached hydrogens (tertiary/aromatic N) is 1. The molecule has 1 amide bonds. The molecule has 0 bridgehead atoms. The number of hydrogen-bond acceptors (Lipinski definition) is 1. The zero-order chi connectivity index (χ0) is 17.5. The van der Waals surface area contributed by atoms with Gasteiger partial charge in [0.1, 0.15) is 0 Å². The highest BCUT2D eigenvalue weighted by Crippen LogP contribution is 2.50. The fourth-order valence-corrected chi connectivity index (χ4v) is 4.47. The maximum Gasteiger partial charge on any atom is 0.224 e. The van der Waals surface area contributed by atoms with E-state index in [0.717, 1.165) is 18.5 Å². The predicted octanol–water partition coefficient (Wildman–Crippen LogP) is 5.09. The number of hydrogen-bond donors (Lipinski definition) is 0. The van der Waals surface area contributed by atoms with Crippen LogP contribution in [0.2, 0.25) is 0 Å². The summed E-state index contributed by atoms with van der Waals surface area (Å²) in [5.74, 6) is 0.112. The lowest BCUT2D eigenvalue weighted by Crippen LogP contribution is -2.55. The molecule has 0 fully saturated rings. The molecule has 0 saturated heterocycles. The lowest BCUT2D eigenvalue weighted by Gasteiger charge is -2.51. The second-order valence-corrected chi connectivity index (χ2v) is 7.75. The van der Waals surface area contributed by atoms with Crippen molar-refractivity contribution >= 4 is 11.6 Å². The van der Waals surface area contributed by atoms with E-state index in [2.05, 4.69) is 76.2 Å². The van der Waals surface area contributed by atoms with Gasteiger partial charge in [-0.3, -0.25) is 4.79 Å². The summed E-state index contributed by atoms with van der Waals surface area (Å²) in [6, 6.07) is 17.3. The standard InChI is InChI=1S/C22H27NO/c1-6-17-12-13-20-19(14-17)22(5,18-10-8-7-9-11-18)15-21(3,4)23(20)16(2)24/h7-14H,6,15H2,1-5H3. The molecule has 3 rings (SSSR count). The second kappa shape index (κ2) is 5.77. The largest absolute Gasteiger partial charge is 0.307 e. The molecule has 2 nitrogen and oxygen atoms in total. The van der Waals surface area contributed by atoms with E-state index >= 15 is 0 Å². The third-order valence-electron chi connectivity index (χ3n) is 5.42. The van der Waals surface area contributed by atoms with E-state index in [1.807, 2.05) is 4.90 Å². The van der Waals surface area contributed by atoms with Crippen molar-refractivity contribution < 1.29 is 4.79 Å². The minimum absolute atomic E-state index is 0.1000. The van der Waals surface area contributed by atoms with Gasteiger partial charge in [-0.15, -0.1) is 0 Å². The molecule has 0 aromatic heterocycles. The number of anilines is 1. The first-order chi connectivity index (χ1) is 11.3. The average Bonchev–Trinajstić information content (AvgIpc) is 2.54. The normalized spacial score (nSPS) is 22.1. The van der Waals surface area contributed by atoms with Crippen molar-refractivity contribution in [3.05, 3.63) is 65.2 Å². The van der Waals surface area contributed by atoms with Crippen molar-refractivity contribution in [3.8, 4) is 0 Å². The molecule has 0 N–H and O–H groups in total. The summed E-state index contributed by atoms with van der Waals surface area (Å²) < 4.78 is 0. The molecule has 1 unspecified atom stereocenters. The summed E-state index contributed by atoms with van der Waals surface area (Å²) in [6.07, 6.45) is 1.91. The third kappa shape index (κ3) is 2.54. The third-order valence-corrected chi connectivity index (χ3v) is 5.42. The number of aryl methyl sites for hydroxylation is 1. The van der Waals surface area contributed by atoms with Crippen LogP contribution in [0.4, 0.5) is 5.69 Å². The Labute approximate surface area is 145 Å². The van der Waals surface area contributed by atoms with E-state index < -0.39 is 0 Å². The van der Waals surface area contributed by atoms with E-state index in [9.17, 15) is 4.79 Å². The molecule has 0 radical (unpaired) electrons. The van der Waals surface area contributed by atoms with Gasteiger partial charge in [-0.2, -0.15) is 0 Å². The Balaban J connectivity index is 2.30. The number of carbonyl (C=O) groups excluding carboxylic acids is 1. The number of fused-ring (bicyclic) bond motifs is 1. The summed E-state index contributed by atoms with van der Waals surface area (Å²) >= 11 is 0. The SMILES string of the molecule is CCc1ccc2c(c1)C(C)(c1ccccc1)CC(C)(C)N2C(C)=O. The van der Waals surface area contributed by atoms with Crippen LogP contribution in [-0.2, 0) is 16.6 Å². The molecule has 1 atom stereocenters. The van der Waals surface area contributed by atoms with Gasteiger partial charge in [0.2, 0.25) is 5.91 Å². The Morgan fingerprint density at radius 1 is 1.08 bits per heavy atom. The minimum Gasteiger partial charge on any atom is -0.307 e. The summed E-state index contributed by atoms with van der Waals surface area (Å²) in [4.78, 5) is 14.4. The molecule has 24 heavy (non-hydrogen) atoms. The van der Waals surface area contributed by atoms with Gasteiger partial charge >= 0.3 is 0 Å². The molecule has 0 aliphatic carbocycles. The van der Waals surface area contributed by atoms with Crippen molar-refractivity contribution in [1.82, 2.24) is 0 Å². The Kier molecular flexibility index (Phi) is 4.03. The number of benzene rings is 2. The molecular formula is C22H27NO. The first-order valence-corrected chi connectivity index (χ1v) is 8.79. The minimum atomic E-state index is -0.225. The van der Waals surface area contributed by atoms with E-state index in [1.54, 1.807) is 6.92 Å². The predicted molar refractivity (Wildman–Crippen MR) is 101 cm³/mol. The quantitative estimate of drug-likeness (QED) is 0.754. The molecule has 126 valence electrons. The lowest BCUT2D eigenvalue weighted by atomic mass is 9.65. The van der Waals surface area contributed by atoms with Crippen LogP contribution in [0, 0.1) is 0 Å². The van der Waals surface area contributed by atoms with E-state index in [4.69, 9.17) is 0 Å². The highest BCUT2D eigenvalue weighted by atomic mass is 16.2. The highest BCUT2D eigenvalue weighted by Gasteiger charge is 2.46. The first-order valence-electron chi connectivity index (χ1n) is 8.79. The van der Waals surface area contributed by atoms with Crippen molar-refractivity contribution in [1.29, 1.82) is 0 Å². The molecule has 1 aliphatic rings. The monoisotopic (exact) mass is 321 g/mol. The maximum atomic E-state index is 12.4. The van der Waals surface area contributed by atoms with Crippen LogP contribution in [0.1, 0.15) is 57.7 Å². The van der Waals surface area contributed by atoms with Crippen LogP contribution in [0.3, 0.4) is 0 Å². The van der Waals surface area contributed by atoms with Gasteiger partial charge in [0.25, 0.3) is 0 Å². The Morgan fingerprint density at radius 3 is 2.33 bits per heavy atom. The Hall–Kier alpha value is -2.09. The van der Waals surface area contributed by atoms with Crippen LogP contribution in [-0.4, -0.2) is 11.4 Å². The van der Waals surface area contributed by atoms with Crippen LogP contribution in [0.5, 0.6) is 0 Å². The van der Waals surface area contributed by atoms with Gasteiger partial charge in [0, 0.05) is 23.6 Å². The maximum absolute atomic E-state index is 12.4. The van der Waals surface area contributed by atoms with Gasteiger partial charge in [-0.1, -0.05) is 56.3 Å². The summed E-state index contributed by atoms with van der Waals surface area (Å²) in [5, 5.41) is 0. The number of carbonyl (C=O) groups is 1. The van der Waals surface area contributed by atoms with Crippen molar-refractivity contribution in [2.24, 2.45) is 0 Å². The molecule has 2 aromatic carbocycles. The lowest BCUT2D eigenvalue weighted by molar-refractivity contribution is -0.117. The highest BCUT2D eigenvalue weighted by molar-refractivity contribution is 5.95. The van der Waals surface area contributed by atoms with Crippen molar-refractivity contribution in [2.75, 3.05) is 4.90 Å². The van der Waals surface area contributed by atoms with Crippen molar-refractivity contribution in [2.45, 2.75) is 58.4 Å². The first kappa shape index (κ1) is 16.8. The van der Waals surface area contributed by atoms with Crippen LogP contribution < -0.4 is 4.90 Å². The van der Waals surface area contributed by atoms with Crippen LogP contribution in [0.25, 0.3) is 0 Å². The van der Waals surface area contributed by atoms with Crippen LogP contribution in [0.15, 0.2) is 48.5 Å². The molecular weight excluding hydrogens is 294 g/mol. The smallest absolute Gasteiger partial charge is 0.224 e. The Morgan fingerprint density at radius 2 is 1.75 bits per heavy atom. The molecule has 0 saturated carbocycles. The molecule has 1 heterocycles. The zero-order valence-corrected chi connectivity index (χ0v) is 15.4. The number of rotatable bonds is 2. The summed E-state index contributed by atoms with van der Waals surface area (Å²) in [6.45, 7) is 10.5. The van der Waals surface area contributed by atoms with Gasteiger partial charge in [-0.05, 0) is 49.4 Å². The molecule has 2 aromatic rings. The molecule has 0 spiro atoms. The summed E-state index contributed by atoms with van der Waals surface area (Å²) in [7, 11) is 0.